The number of nitrogens with one attached hydrogen (secondary N) is 1. The number of aliphatic hydroxyl groups excluding tert-OH is 1. The van der Waals surface area contributed by atoms with Gasteiger partial charge >= 0.3 is 0 Å². The number of aryl methyl sites for hydroxylation is 1. The summed E-state index contributed by atoms with van der Waals surface area (Å²) in [5, 5.41) is 16.7. The third-order valence-corrected chi connectivity index (χ3v) is 4.48. The SMILES string of the molecule is O=C(CCCn1cncn1)NC(Cc1ccccn1)C1CC(O)C1. The van der Waals surface area contributed by atoms with E-state index in [9.17, 15) is 9.90 Å². The van der Waals surface area contributed by atoms with Crippen LogP contribution in [0.15, 0.2) is 37.1 Å². The van der Waals surface area contributed by atoms with Gasteiger partial charge in [-0.25, -0.2) is 4.98 Å². The molecule has 1 unspecified atom stereocenters. The van der Waals surface area contributed by atoms with Crippen molar-refractivity contribution >= 4 is 5.91 Å². The molecule has 0 aromatic carbocycles. The summed E-state index contributed by atoms with van der Waals surface area (Å²) in [5.74, 6) is 0.360. The van der Waals surface area contributed by atoms with Crippen LogP contribution in [0.25, 0.3) is 0 Å². The summed E-state index contributed by atoms with van der Waals surface area (Å²) in [6.07, 6.45) is 8.04. The van der Waals surface area contributed by atoms with E-state index in [1.54, 1.807) is 17.2 Å². The number of pyridine rings is 1. The molecular weight excluding hydrogens is 306 g/mol. The zero-order valence-corrected chi connectivity index (χ0v) is 13.6. The molecular formula is C17H23N5O2. The largest absolute Gasteiger partial charge is 0.393 e. The molecule has 1 aliphatic carbocycles. The molecule has 1 amide bonds. The molecule has 0 aliphatic heterocycles. The first-order valence-corrected chi connectivity index (χ1v) is 8.40. The maximum atomic E-state index is 12.3. The predicted molar refractivity (Wildman–Crippen MR) is 87.9 cm³/mol. The van der Waals surface area contributed by atoms with Crippen molar-refractivity contribution in [2.24, 2.45) is 5.92 Å². The minimum atomic E-state index is -0.231. The Labute approximate surface area is 141 Å². The van der Waals surface area contributed by atoms with Crippen molar-refractivity contribution in [3.05, 3.63) is 42.7 Å². The molecule has 0 spiro atoms. The van der Waals surface area contributed by atoms with Crippen molar-refractivity contribution in [2.75, 3.05) is 0 Å². The fraction of sp³-hybridized carbons (Fsp3) is 0.529. The van der Waals surface area contributed by atoms with Crippen molar-refractivity contribution < 1.29 is 9.90 Å². The minimum absolute atomic E-state index is 0.0298. The number of carbonyl (C=O) groups is 1. The topological polar surface area (TPSA) is 92.9 Å². The number of amides is 1. The normalized spacial score (nSPS) is 21.0. The number of hydrogen-bond donors (Lipinski definition) is 2. The van der Waals surface area contributed by atoms with Gasteiger partial charge < -0.3 is 10.4 Å². The fourth-order valence-corrected chi connectivity index (χ4v) is 3.07. The third kappa shape index (κ3) is 4.61. The second kappa shape index (κ2) is 8.01. The zero-order valence-electron chi connectivity index (χ0n) is 13.6. The Kier molecular flexibility index (Phi) is 5.53. The van der Waals surface area contributed by atoms with Crippen molar-refractivity contribution in [3.63, 3.8) is 0 Å². The Balaban J connectivity index is 1.50. The maximum absolute atomic E-state index is 12.3. The van der Waals surface area contributed by atoms with Crippen LogP contribution in [-0.4, -0.2) is 42.9 Å². The minimum Gasteiger partial charge on any atom is -0.393 e. The van der Waals surface area contributed by atoms with Crippen molar-refractivity contribution in [1.82, 2.24) is 25.1 Å². The molecule has 0 radical (unpaired) electrons. The molecule has 3 rings (SSSR count). The van der Waals surface area contributed by atoms with E-state index in [0.29, 0.717) is 25.3 Å². The molecule has 2 aromatic rings. The van der Waals surface area contributed by atoms with Gasteiger partial charge in [0.25, 0.3) is 0 Å². The molecule has 7 heteroatoms. The van der Waals surface area contributed by atoms with Gasteiger partial charge in [0.05, 0.1) is 6.10 Å². The summed E-state index contributed by atoms with van der Waals surface area (Å²) in [4.78, 5) is 20.5. The van der Waals surface area contributed by atoms with Crippen LogP contribution in [0.4, 0.5) is 0 Å². The van der Waals surface area contributed by atoms with E-state index in [0.717, 1.165) is 25.0 Å². The molecule has 0 bridgehead atoms. The molecule has 128 valence electrons. The van der Waals surface area contributed by atoms with E-state index in [1.807, 2.05) is 18.2 Å². The van der Waals surface area contributed by atoms with Gasteiger partial charge in [0, 0.05) is 37.3 Å². The molecule has 1 atom stereocenters. The molecule has 1 aliphatic rings. The van der Waals surface area contributed by atoms with Crippen LogP contribution in [0.3, 0.4) is 0 Å². The van der Waals surface area contributed by atoms with Crippen molar-refractivity contribution in [3.8, 4) is 0 Å². The summed E-state index contributed by atoms with van der Waals surface area (Å²) in [7, 11) is 0. The molecule has 24 heavy (non-hydrogen) atoms. The van der Waals surface area contributed by atoms with Crippen LogP contribution < -0.4 is 5.32 Å². The van der Waals surface area contributed by atoms with Crippen LogP contribution in [0, 0.1) is 5.92 Å². The van der Waals surface area contributed by atoms with Crippen LogP contribution in [0.5, 0.6) is 0 Å². The monoisotopic (exact) mass is 329 g/mol. The fourth-order valence-electron chi connectivity index (χ4n) is 3.07. The highest BCUT2D eigenvalue weighted by atomic mass is 16.3. The van der Waals surface area contributed by atoms with E-state index < -0.39 is 0 Å². The van der Waals surface area contributed by atoms with E-state index in [-0.39, 0.29) is 18.1 Å². The van der Waals surface area contributed by atoms with Crippen LogP contribution in [0.1, 0.15) is 31.4 Å². The molecule has 1 fully saturated rings. The summed E-state index contributed by atoms with van der Waals surface area (Å²) >= 11 is 0. The van der Waals surface area contributed by atoms with E-state index in [2.05, 4.69) is 20.4 Å². The van der Waals surface area contributed by atoms with Gasteiger partial charge in [0.1, 0.15) is 12.7 Å². The highest BCUT2D eigenvalue weighted by Gasteiger charge is 2.34. The average molecular weight is 329 g/mol. The number of carbonyl (C=O) groups excluding carboxylic acids is 1. The van der Waals surface area contributed by atoms with Crippen LogP contribution in [0.2, 0.25) is 0 Å². The average Bonchev–Trinajstić information content (AvgIpc) is 3.06. The van der Waals surface area contributed by atoms with E-state index in [4.69, 9.17) is 0 Å². The van der Waals surface area contributed by atoms with Crippen LogP contribution in [-0.2, 0) is 17.8 Å². The molecule has 0 saturated heterocycles. The summed E-state index contributed by atoms with van der Waals surface area (Å²) in [6.45, 7) is 0.681. The Morgan fingerprint density at radius 3 is 2.96 bits per heavy atom. The highest BCUT2D eigenvalue weighted by molar-refractivity contribution is 5.76. The van der Waals surface area contributed by atoms with Gasteiger partial charge in [-0.2, -0.15) is 5.10 Å². The first-order chi connectivity index (χ1) is 11.7. The Morgan fingerprint density at radius 2 is 2.29 bits per heavy atom. The number of hydrogen-bond acceptors (Lipinski definition) is 5. The second-order valence-electron chi connectivity index (χ2n) is 6.35. The van der Waals surface area contributed by atoms with Gasteiger partial charge in [-0.3, -0.25) is 14.5 Å². The summed E-state index contributed by atoms with van der Waals surface area (Å²) < 4.78 is 1.72. The highest BCUT2D eigenvalue weighted by Crippen LogP contribution is 2.31. The smallest absolute Gasteiger partial charge is 0.220 e. The zero-order chi connectivity index (χ0) is 16.8. The van der Waals surface area contributed by atoms with E-state index >= 15 is 0 Å². The van der Waals surface area contributed by atoms with Crippen molar-refractivity contribution in [2.45, 2.75) is 50.8 Å². The number of aromatic nitrogens is 4. The van der Waals surface area contributed by atoms with Gasteiger partial charge in [-0.05, 0) is 37.3 Å². The predicted octanol–water partition coefficient (Wildman–Crippen LogP) is 0.952. The molecule has 2 N–H and O–H groups in total. The molecule has 2 aromatic heterocycles. The maximum Gasteiger partial charge on any atom is 0.220 e. The lowest BCUT2D eigenvalue weighted by Gasteiger charge is -2.38. The van der Waals surface area contributed by atoms with Gasteiger partial charge in [-0.1, -0.05) is 6.07 Å². The van der Waals surface area contributed by atoms with Gasteiger partial charge in [0.15, 0.2) is 0 Å². The second-order valence-corrected chi connectivity index (χ2v) is 6.35. The number of nitrogens with zero attached hydrogens (tertiary/aromatic N) is 4. The molecule has 2 heterocycles. The Bertz CT molecular complexity index is 626. The Hall–Kier alpha value is -2.28. The quantitative estimate of drug-likeness (QED) is 0.752. The third-order valence-electron chi connectivity index (χ3n) is 4.48. The van der Waals surface area contributed by atoms with E-state index in [1.165, 1.54) is 6.33 Å². The van der Waals surface area contributed by atoms with Gasteiger partial charge in [0.2, 0.25) is 5.91 Å². The van der Waals surface area contributed by atoms with Crippen molar-refractivity contribution in [1.29, 1.82) is 0 Å². The first-order valence-electron chi connectivity index (χ1n) is 8.40. The summed E-state index contributed by atoms with van der Waals surface area (Å²) in [6, 6.07) is 5.84. The Morgan fingerprint density at radius 1 is 1.42 bits per heavy atom. The summed E-state index contributed by atoms with van der Waals surface area (Å²) in [5.41, 5.74) is 0.965. The number of rotatable bonds is 8. The first kappa shape index (κ1) is 16.6. The lowest BCUT2D eigenvalue weighted by molar-refractivity contribution is -0.123. The van der Waals surface area contributed by atoms with Crippen LogP contribution >= 0.6 is 0 Å². The lowest BCUT2D eigenvalue weighted by atomic mass is 9.76. The molecule has 1 saturated carbocycles. The molecule has 7 nitrogen and oxygen atoms in total. The van der Waals surface area contributed by atoms with Gasteiger partial charge in [-0.15, -0.1) is 0 Å². The standard InChI is InChI=1S/C17H23N5O2/c23-15-8-13(9-15)16(10-14-4-1-2-6-19-14)21-17(24)5-3-7-22-12-18-11-20-22/h1-2,4,6,11-13,15-16,23H,3,5,7-10H2,(H,21,24). The lowest BCUT2D eigenvalue weighted by Crippen LogP contribution is -2.48. The number of aliphatic hydroxyl groups is 1.